The Kier molecular flexibility index (Phi) is 21.1. The lowest BCUT2D eigenvalue weighted by Crippen LogP contribution is -2.17. The molecule has 0 atom stereocenters. The van der Waals surface area contributed by atoms with Crippen LogP contribution in [0.25, 0.3) is 32.9 Å². The molecule has 23 heteroatoms. The molecule has 3 aliphatic carbocycles. The third-order valence-corrected chi connectivity index (χ3v) is 18.9. The minimum atomic E-state index is -0.561. The fourth-order valence-electron chi connectivity index (χ4n) is 11.6. The summed E-state index contributed by atoms with van der Waals surface area (Å²) in [5.74, 6) is -3.26. The van der Waals surface area contributed by atoms with Gasteiger partial charge in [0, 0.05) is 46.9 Å². The molecule has 0 saturated heterocycles. The lowest BCUT2D eigenvalue weighted by molar-refractivity contribution is -0.115. The number of anilines is 3. The number of hydrogen-bond acceptors (Lipinski definition) is 19. The number of thiophene rings is 3. The zero-order chi connectivity index (χ0) is 66.4. The van der Waals surface area contributed by atoms with Gasteiger partial charge in [0.15, 0.2) is 33.6 Å². The first-order valence-corrected chi connectivity index (χ1v) is 32.5. The monoisotopic (exact) mass is 1310 g/mol. The molecular weight excluding hydrogens is 1240 g/mol. The minimum absolute atomic E-state index is 0.0872. The van der Waals surface area contributed by atoms with E-state index >= 15 is 0 Å². The van der Waals surface area contributed by atoms with Gasteiger partial charge in [0.2, 0.25) is 6.41 Å². The number of ether oxygens (including phenoxy) is 3. The Morgan fingerprint density at radius 2 is 0.707 bits per heavy atom. The summed E-state index contributed by atoms with van der Waals surface area (Å²) in [5.41, 5.74) is 9.68. The third kappa shape index (κ3) is 14.5. The first-order valence-electron chi connectivity index (χ1n) is 30.1. The number of carbonyl (C=O) groups excluding carboxylic acids is 7. The summed E-state index contributed by atoms with van der Waals surface area (Å²) in [4.78, 5) is 128. The van der Waals surface area contributed by atoms with Crippen molar-refractivity contribution in [2.24, 2.45) is 0 Å². The van der Waals surface area contributed by atoms with Gasteiger partial charge in [-0.15, -0.1) is 34.0 Å². The highest BCUT2D eigenvalue weighted by Crippen LogP contribution is 2.42. The van der Waals surface area contributed by atoms with Crippen molar-refractivity contribution in [3.8, 4) is 0 Å². The number of nitrogens with zero attached hydrogens (tertiary/aromatic N) is 1. The molecule has 4 amide bonds. The molecule has 3 N–H and O–H groups in total. The number of rotatable bonds is 13. The van der Waals surface area contributed by atoms with Crippen molar-refractivity contribution >= 4 is 124 Å². The maximum absolute atomic E-state index is 12.9. The van der Waals surface area contributed by atoms with E-state index in [1.165, 1.54) is 57.1 Å². The van der Waals surface area contributed by atoms with E-state index in [0.29, 0.717) is 64.6 Å². The Balaban J connectivity index is 0.000000157. The molecule has 0 saturated carbocycles. The first-order chi connectivity index (χ1) is 43.9. The Morgan fingerprint density at radius 3 is 0.946 bits per heavy atom. The van der Waals surface area contributed by atoms with Crippen LogP contribution < -0.4 is 32.2 Å². The number of esters is 3. The minimum Gasteiger partial charge on any atom is -0.462 e. The molecule has 0 bridgehead atoms. The quantitative estimate of drug-likeness (QED) is 0.0549. The fourth-order valence-corrected chi connectivity index (χ4v) is 15.4. The molecule has 6 aromatic heterocycles. The smallest absolute Gasteiger partial charge is 0.341 e. The van der Waals surface area contributed by atoms with Gasteiger partial charge < -0.3 is 48.3 Å². The third-order valence-electron chi connectivity index (χ3n) is 15.3. The second-order valence-corrected chi connectivity index (χ2v) is 25.9. The van der Waals surface area contributed by atoms with Crippen LogP contribution in [0.5, 0.6) is 0 Å². The zero-order valence-electron chi connectivity index (χ0n) is 53.0. The van der Waals surface area contributed by atoms with Crippen molar-refractivity contribution in [3.05, 3.63) is 184 Å². The Morgan fingerprint density at radius 1 is 0.446 bits per heavy atom. The lowest BCUT2D eigenvalue weighted by atomic mass is 10.1. The van der Waals surface area contributed by atoms with Gasteiger partial charge in [-0.2, -0.15) is 0 Å². The molecule has 480 valence electrons. The molecule has 0 radical (unpaired) electrons. The standard InChI is InChI=1S/3C22H21NO5S.C3H7NO/c3*1-4-27-22(26)19-13-6-5-7-17(13)29-21(19)23-20(25)16-10-14(24)18-12(3)8-11(2)9-15(18)28-16;1-4(2)3-5/h3*8-10H,4-7H2,1-3H3,(H,23,25);3H,1-2H3. The second kappa shape index (κ2) is 28.9. The highest BCUT2D eigenvalue weighted by atomic mass is 32.1. The summed E-state index contributed by atoms with van der Waals surface area (Å²) < 4.78 is 32.8. The van der Waals surface area contributed by atoms with Crippen molar-refractivity contribution in [2.75, 3.05) is 49.9 Å². The summed E-state index contributed by atoms with van der Waals surface area (Å²) in [7, 11) is 3.38. The average molecular weight is 1310 g/mol. The van der Waals surface area contributed by atoms with E-state index in [-0.39, 0.29) is 53.4 Å². The van der Waals surface area contributed by atoms with Gasteiger partial charge in [0.05, 0.1) is 52.7 Å². The maximum atomic E-state index is 12.9. The van der Waals surface area contributed by atoms with Gasteiger partial charge in [0.1, 0.15) is 31.8 Å². The molecule has 0 fully saturated rings. The molecule has 20 nitrogen and oxygen atoms in total. The van der Waals surface area contributed by atoms with Crippen LogP contribution in [-0.2, 0) is 57.5 Å². The van der Waals surface area contributed by atoms with Gasteiger partial charge in [-0.25, -0.2) is 14.4 Å². The molecular formula is C69H70N4O16S3. The van der Waals surface area contributed by atoms with Gasteiger partial charge in [-0.3, -0.25) is 33.6 Å². The van der Waals surface area contributed by atoms with E-state index < -0.39 is 35.6 Å². The van der Waals surface area contributed by atoms with Crippen LogP contribution in [0.1, 0.15) is 167 Å². The van der Waals surface area contributed by atoms with E-state index in [1.807, 2.05) is 59.7 Å². The Hall–Kier alpha value is -9.32. The molecule has 0 aliphatic heterocycles. The van der Waals surface area contributed by atoms with Gasteiger partial charge in [-0.05, 0) is 188 Å². The molecule has 12 rings (SSSR count). The number of benzene rings is 3. The summed E-state index contributed by atoms with van der Waals surface area (Å²) in [5, 5.41) is 11.0. The van der Waals surface area contributed by atoms with Crippen LogP contribution >= 0.6 is 34.0 Å². The Labute approximate surface area is 540 Å². The van der Waals surface area contributed by atoms with Crippen LogP contribution in [0.15, 0.2) is 82.2 Å². The largest absolute Gasteiger partial charge is 0.462 e. The highest BCUT2D eigenvalue weighted by molar-refractivity contribution is 7.17. The lowest BCUT2D eigenvalue weighted by Gasteiger charge is -2.09. The normalized spacial score (nSPS) is 12.5. The van der Waals surface area contributed by atoms with E-state index in [4.69, 9.17) is 27.5 Å². The van der Waals surface area contributed by atoms with Crippen LogP contribution in [0.2, 0.25) is 0 Å². The maximum Gasteiger partial charge on any atom is 0.341 e. The van der Waals surface area contributed by atoms with Crippen molar-refractivity contribution in [1.82, 2.24) is 4.90 Å². The van der Waals surface area contributed by atoms with E-state index in [1.54, 1.807) is 53.1 Å². The first kappa shape index (κ1) is 67.1. The topological polar surface area (TPSA) is 277 Å². The van der Waals surface area contributed by atoms with Crippen LogP contribution in [-0.4, -0.2) is 80.9 Å². The van der Waals surface area contributed by atoms with E-state index in [9.17, 15) is 47.9 Å². The number of hydrogen-bond donors (Lipinski definition) is 3. The zero-order valence-corrected chi connectivity index (χ0v) is 55.4. The summed E-state index contributed by atoms with van der Waals surface area (Å²) in [6.07, 6.45) is 8.72. The molecule has 3 aliphatic rings. The number of amides is 4. The molecule has 0 unspecified atom stereocenters. The average Bonchev–Trinajstić information content (AvgIpc) is 1.27. The van der Waals surface area contributed by atoms with Gasteiger partial charge in [-0.1, -0.05) is 18.2 Å². The molecule has 92 heavy (non-hydrogen) atoms. The Bertz CT molecular complexity index is 4180. The molecule has 3 aromatic carbocycles. The second-order valence-electron chi connectivity index (χ2n) is 22.6. The van der Waals surface area contributed by atoms with Crippen LogP contribution in [0.3, 0.4) is 0 Å². The predicted octanol–water partition coefficient (Wildman–Crippen LogP) is 12.9. The van der Waals surface area contributed by atoms with Crippen LogP contribution in [0, 0.1) is 41.5 Å². The number of carbonyl (C=O) groups is 7. The number of fused-ring (bicyclic) bond motifs is 6. The van der Waals surface area contributed by atoms with Crippen LogP contribution in [0.4, 0.5) is 15.0 Å². The van der Waals surface area contributed by atoms with Crippen molar-refractivity contribution in [2.45, 2.75) is 120 Å². The van der Waals surface area contributed by atoms with Crippen molar-refractivity contribution in [1.29, 1.82) is 0 Å². The molecule has 0 spiro atoms. The van der Waals surface area contributed by atoms with Gasteiger partial charge in [0.25, 0.3) is 17.7 Å². The summed E-state index contributed by atoms with van der Waals surface area (Å²) in [6, 6.07) is 14.5. The number of aryl methyl sites for hydroxylation is 9. The van der Waals surface area contributed by atoms with E-state index in [0.717, 1.165) is 129 Å². The van der Waals surface area contributed by atoms with Gasteiger partial charge >= 0.3 is 17.9 Å². The molecule has 9 aromatic rings. The summed E-state index contributed by atoms with van der Waals surface area (Å²) in [6.45, 7) is 17.2. The summed E-state index contributed by atoms with van der Waals surface area (Å²) >= 11 is 4.16. The highest BCUT2D eigenvalue weighted by Gasteiger charge is 2.32. The number of nitrogens with one attached hydrogen (secondary N) is 3. The SMILES string of the molecule is CCOC(=O)c1c(NC(=O)c2cc(=O)c3c(C)cc(C)cc3o2)sc2c1CCC2.CCOC(=O)c1c(NC(=O)c2cc(=O)c3c(C)cc(C)cc3o2)sc2c1CCC2.CCOC(=O)c1c(NC(=O)c2cc(=O)c3c(C)cc(C)cc3o2)sc2c1CCC2.CN(C)C=O. The fraction of sp³-hybridized carbons (Fsp3) is 0.333. The van der Waals surface area contributed by atoms with E-state index in [2.05, 4.69) is 16.0 Å². The predicted molar refractivity (Wildman–Crippen MR) is 356 cm³/mol. The van der Waals surface area contributed by atoms with Crippen molar-refractivity contribution in [3.63, 3.8) is 0 Å². The molecule has 6 heterocycles. The van der Waals surface area contributed by atoms with Crippen molar-refractivity contribution < 1.29 is 61.0 Å².